The highest BCUT2D eigenvalue weighted by Gasteiger charge is 2.29. The van der Waals surface area contributed by atoms with Gasteiger partial charge in [0.05, 0.1) is 13.2 Å². The first-order valence-corrected chi connectivity index (χ1v) is 7.75. The van der Waals surface area contributed by atoms with Gasteiger partial charge >= 0.3 is 11.9 Å². The van der Waals surface area contributed by atoms with Crippen LogP contribution in [-0.2, 0) is 28.5 Å². The molecule has 6 heteroatoms. The first kappa shape index (κ1) is 17.9. The molecule has 0 aromatic carbocycles. The highest BCUT2D eigenvalue weighted by molar-refractivity contribution is 5.94. The third-order valence-corrected chi connectivity index (χ3v) is 3.22. The van der Waals surface area contributed by atoms with E-state index in [0.717, 1.165) is 25.9 Å². The van der Waals surface area contributed by atoms with Crippen LogP contribution in [0.1, 0.15) is 46.0 Å². The Morgan fingerprint density at radius 2 is 1.81 bits per heavy atom. The van der Waals surface area contributed by atoms with Crippen molar-refractivity contribution in [3.63, 3.8) is 0 Å². The maximum Gasteiger partial charge on any atom is 0.320 e. The second-order valence-corrected chi connectivity index (χ2v) is 4.87. The zero-order valence-corrected chi connectivity index (χ0v) is 13.0. The van der Waals surface area contributed by atoms with Crippen molar-refractivity contribution in [1.82, 2.24) is 0 Å². The van der Waals surface area contributed by atoms with Crippen LogP contribution in [0, 0.1) is 5.92 Å². The fourth-order valence-corrected chi connectivity index (χ4v) is 2.16. The SMILES string of the molecule is CCOC(=O)C(CCCOC1CCCCO1)C(=O)OCC. The number of hydrogen-bond acceptors (Lipinski definition) is 6. The Balaban J connectivity index is 2.30. The van der Waals surface area contributed by atoms with Gasteiger partial charge < -0.3 is 18.9 Å². The van der Waals surface area contributed by atoms with E-state index >= 15 is 0 Å². The van der Waals surface area contributed by atoms with Gasteiger partial charge in [-0.05, 0) is 46.0 Å². The summed E-state index contributed by atoms with van der Waals surface area (Å²) < 4.78 is 20.9. The molecule has 0 aromatic rings. The summed E-state index contributed by atoms with van der Waals surface area (Å²) in [7, 11) is 0. The highest BCUT2D eigenvalue weighted by Crippen LogP contribution is 2.16. The highest BCUT2D eigenvalue weighted by atomic mass is 16.7. The molecule has 1 aliphatic heterocycles. The van der Waals surface area contributed by atoms with Crippen LogP contribution in [-0.4, -0.2) is 44.7 Å². The fourth-order valence-electron chi connectivity index (χ4n) is 2.16. The first-order chi connectivity index (χ1) is 10.2. The van der Waals surface area contributed by atoms with Crippen molar-refractivity contribution in [1.29, 1.82) is 0 Å². The van der Waals surface area contributed by atoms with Crippen LogP contribution in [0.3, 0.4) is 0 Å². The molecule has 1 atom stereocenters. The average Bonchev–Trinajstić information content (AvgIpc) is 2.48. The predicted octanol–water partition coefficient (Wildman–Crippen LogP) is 2.05. The molecule has 1 unspecified atom stereocenters. The number of ether oxygens (including phenoxy) is 4. The van der Waals surface area contributed by atoms with Gasteiger partial charge in [0.1, 0.15) is 0 Å². The fraction of sp³-hybridized carbons (Fsp3) is 0.867. The molecule has 1 saturated heterocycles. The minimum Gasteiger partial charge on any atom is -0.465 e. The number of rotatable bonds is 9. The molecule has 1 aliphatic rings. The quantitative estimate of drug-likeness (QED) is 0.369. The molecule has 1 rings (SSSR count). The lowest BCUT2D eigenvalue weighted by atomic mass is 10.0. The molecule has 6 nitrogen and oxygen atoms in total. The van der Waals surface area contributed by atoms with Crippen molar-refractivity contribution in [2.24, 2.45) is 5.92 Å². The number of carbonyl (C=O) groups excluding carboxylic acids is 2. The average molecular weight is 302 g/mol. The third-order valence-electron chi connectivity index (χ3n) is 3.22. The van der Waals surface area contributed by atoms with Gasteiger partial charge in [0, 0.05) is 13.2 Å². The summed E-state index contributed by atoms with van der Waals surface area (Å²) in [4.78, 5) is 23.5. The van der Waals surface area contributed by atoms with Crippen molar-refractivity contribution in [2.75, 3.05) is 26.4 Å². The Labute approximate surface area is 126 Å². The van der Waals surface area contributed by atoms with E-state index in [1.54, 1.807) is 13.8 Å². The van der Waals surface area contributed by atoms with Crippen LogP contribution in [0.2, 0.25) is 0 Å². The number of carbonyl (C=O) groups is 2. The minimum atomic E-state index is -0.860. The summed E-state index contributed by atoms with van der Waals surface area (Å²) in [5, 5.41) is 0. The van der Waals surface area contributed by atoms with Crippen molar-refractivity contribution < 1.29 is 28.5 Å². The van der Waals surface area contributed by atoms with E-state index in [1.165, 1.54) is 0 Å². The maximum absolute atomic E-state index is 11.8. The smallest absolute Gasteiger partial charge is 0.320 e. The normalized spacial score (nSPS) is 18.5. The zero-order chi connectivity index (χ0) is 15.5. The molecule has 0 spiro atoms. The summed E-state index contributed by atoms with van der Waals surface area (Å²) >= 11 is 0. The molecule has 0 amide bonds. The largest absolute Gasteiger partial charge is 0.465 e. The lowest BCUT2D eigenvalue weighted by Crippen LogP contribution is -2.29. The van der Waals surface area contributed by atoms with Gasteiger partial charge in [-0.15, -0.1) is 0 Å². The summed E-state index contributed by atoms with van der Waals surface area (Å²) in [6.07, 6.45) is 3.89. The van der Waals surface area contributed by atoms with Crippen LogP contribution in [0.25, 0.3) is 0 Å². The van der Waals surface area contributed by atoms with E-state index < -0.39 is 17.9 Å². The Kier molecular flexibility index (Phi) is 9.01. The van der Waals surface area contributed by atoms with Gasteiger partial charge in [-0.1, -0.05) is 0 Å². The molecule has 1 fully saturated rings. The van der Waals surface area contributed by atoms with Gasteiger partial charge in [-0.25, -0.2) is 0 Å². The monoisotopic (exact) mass is 302 g/mol. The maximum atomic E-state index is 11.8. The molecule has 0 bridgehead atoms. The molecule has 1 heterocycles. The van der Waals surface area contributed by atoms with E-state index in [9.17, 15) is 9.59 Å². The topological polar surface area (TPSA) is 71.1 Å². The second kappa shape index (κ2) is 10.6. The Morgan fingerprint density at radius 1 is 1.14 bits per heavy atom. The predicted molar refractivity (Wildman–Crippen MR) is 75.5 cm³/mol. The zero-order valence-electron chi connectivity index (χ0n) is 13.0. The Morgan fingerprint density at radius 3 is 2.33 bits per heavy atom. The van der Waals surface area contributed by atoms with Crippen LogP contribution in [0.15, 0.2) is 0 Å². The van der Waals surface area contributed by atoms with Crippen LogP contribution >= 0.6 is 0 Å². The summed E-state index contributed by atoms with van der Waals surface area (Å²) in [6, 6.07) is 0. The Bertz CT molecular complexity index is 293. The number of hydrogen-bond donors (Lipinski definition) is 0. The van der Waals surface area contributed by atoms with Crippen molar-refractivity contribution in [2.45, 2.75) is 52.2 Å². The van der Waals surface area contributed by atoms with Crippen LogP contribution < -0.4 is 0 Å². The van der Waals surface area contributed by atoms with E-state index in [4.69, 9.17) is 18.9 Å². The molecule has 21 heavy (non-hydrogen) atoms. The van der Waals surface area contributed by atoms with E-state index in [1.807, 2.05) is 0 Å². The minimum absolute atomic E-state index is 0.151. The van der Waals surface area contributed by atoms with Crippen LogP contribution in [0.5, 0.6) is 0 Å². The molecule has 0 aliphatic carbocycles. The van der Waals surface area contributed by atoms with Crippen molar-refractivity contribution in [3.05, 3.63) is 0 Å². The van der Waals surface area contributed by atoms with E-state index in [0.29, 0.717) is 19.4 Å². The standard InChI is InChI=1S/C15H26O6/c1-3-18-14(16)12(15(17)19-4-2)8-7-11-21-13-9-5-6-10-20-13/h12-13H,3-11H2,1-2H3. The van der Waals surface area contributed by atoms with Gasteiger partial charge in [-0.3, -0.25) is 9.59 Å². The van der Waals surface area contributed by atoms with Gasteiger partial charge in [-0.2, -0.15) is 0 Å². The molecular formula is C15H26O6. The molecule has 122 valence electrons. The first-order valence-electron chi connectivity index (χ1n) is 7.75. The molecular weight excluding hydrogens is 276 g/mol. The molecule has 0 aromatic heterocycles. The van der Waals surface area contributed by atoms with E-state index in [2.05, 4.69) is 0 Å². The molecule has 0 saturated carbocycles. The lowest BCUT2D eigenvalue weighted by Gasteiger charge is -2.23. The van der Waals surface area contributed by atoms with Crippen molar-refractivity contribution >= 4 is 11.9 Å². The summed E-state index contributed by atoms with van der Waals surface area (Å²) in [6.45, 7) is 5.12. The van der Waals surface area contributed by atoms with Gasteiger partial charge in [0.2, 0.25) is 0 Å². The molecule has 0 N–H and O–H groups in total. The number of esters is 2. The third kappa shape index (κ3) is 6.91. The molecule has 0 radical (unpaired) electrons. The van der Waals surface area contributed by atoms with Gasteiger partial charge in [0.25, 0.3) is 0 Å². The Hall–Kier alpha value is -1.14. The summed E-state index contributed by atoms with van der Waals surface area (Å²) in [5.74, 6) is -1.91. The van der Waals surface area contributed by atoms with Crippen LogP contribution in [0.4, 0.5) is 0 Å². The van der Waals surface area contributed by atoms with E-state index in [-0.39, 0.29) is 19.5 Å². The lowest BCUT2D eigenvalue weighted by molar-refractivity contribution is -0.166. The second-order valence-electron chi connectivity index (χ2n) is 4.87. The van der Waals surface area contributed by atoms with Crippen molar-refractivity contribution in [3.8, 4) is 0 Å². The summed E-state index contributed by atoms with van der Waals surface area (Å²) in [5.41, 5.74) is 0. The van der Waals surface area contributed by atoms with Gasteiger partial charge in [0.15, 0.2) is 12.2 Å².